The van der Waals surface area contributed by atoms with Crippen LogP contribution in [0, 0.1) is 25.5 Å². The van der Waals surface area contributed by atoms with Gasteiger partial charge in [-0.05, 0) is 26.0 Å². The summed E-state index contributed by atoms with van der Waals surface area (Å²) in [5.41, 5.74) is 7.52. The zero-order chi connectivity index (χ0) is 17.4. The maximum Gasteiger partial charge on any atom is 0.254 e. The Balaban J connectivity index is 1.87. The molecule has 1 amide bonds. The summed E-state index contributed by atoms with van der Waals surface area (Å²) in [7, 11) is 0. The van der Waals surface area contributed by atoms with Crippen molar-refractivity contribution in [3.8, 4) is 0 Å². The molecule has 0 atom stereocenters. The Hall–Kier alpha value is -3.10. The van der Waals surface area contributed by atoms with Crippen molar-refractivity contribution >= 4 is 23.3 Å². The molecular formula is C15H14F2N6O. The average molecular weight is 332 g/mol. The third-order valence-corrected chi connectivity index (χ3v) is 3.55. The molecular weight excluding hydrogens is 318 g/mol. The van der Waals surface area contributed by atoms with Crippen LogP contribution >= 0.6 is 0 Å². The molecule has 2 heterocycles. The van der Waals surface area contributed by atoms with Crippen molar-refractivity contribution in [2.45, 2.75) is 20.3 Å². The van der Waals surface area contributed by atoms with E-state index in [9.17, 15) is 13.6 Å². The molecule has 7 nitrogen and oxygen atoms in total. The first-order valence-electron chi connectivity index (χ1n) is 7.08. The number of nitrogen functional groups attached to an aromatic ring is 1. The Labute approximate surface area is 135 Å². The lowest BCUT2D eigenvalue weighted by Crippen LogP contribution is -2.18. The van der Waals surface area contributed by atoms with Crippen molar-refractivity contribution in [3.05, 3.63) is 46.8 Å². The largest absolute Gasteiger partial charge is 0.366 e. The summed E-state index contributed by atoms with van der Waals surface area (Å²) in [5.74, 6) is -1.53. The lowest BCUT2D eigenvalue weighted by molar-refractivity contribution is -0.115. The smallest absolute Gasteiger partial charge is 0.254 e. The number of hydrogen-bond donors (Lipinski definition) is 2. The fourth-order valence-corrected chi connectivity index (χ4v) is 2.47. The minimum Gasteiger partial charge on any atom is -0.366 e. The number of nitrogens with one attached hydrogen (secondary N) is 1. The van der Waals surface area contributed by atoms with Gasteiger partial charge in [0.15, 0.2) is 0 Å². The van der Waals surface area contributed by atoms with Crippen LogP contribution in [0.4, 0.5) is 20.4 Å². The first-order valence-corrected chi connectivity index (χ1v) is 7.08. The van der Waals surface area contributed by atoms with Gasteiger partial charge in [0.25, 0.3) is 5.78 Å². The van der Waals surface area contributed by atoms with Crippen LogP contribution in [-0.2, 0) is 11.2 Å². The van der Waals surface area contributed by atoms with Gasteiger partial charge in [0.05, 0.1) is 6.42 Å². The summed E-state index contributed by atoms with van der Waals surface area (Å²) in [6.07, 6.45) is -0.0293. The standard InChI is InChI=1S/C15H14F2N6O/c1-7-12(8(2)23-15(19-7)21-14(18)22-23)6-13(24)20-11-4-9(16)3-10(17)5-11/h3-5H,6H2,1-2H3,(H2,18,22)(H,20,24). The highest BCUT2D eigenvalue weighted by Crippen LogP contribution is 2.17. The molecule has 0 aliphatic heterocycles. The highest BCUT2D eigenvalue weighted by atomic mass is 19.1. The predicted octanol–water partition coefficient (Wildman–Crippen LogP) is 1.78. The molecule has 0 fully saturated rings. The Bertz CT molecular complexity index is 933. The highest BCUT2D eigenvalue weighted by molar-refractivity contribution is 5.92. The van der Waals surface area contributed by atoms with Crippen LogP contribution in [0.3, 0.4) is 0 Å². The number of carbonyl (C=O) groups is 1. The number of fused-ring (bicyclic) bond motifs is 1. The normalized spacial score (nSPS) is 11.0. The molecule has 1 aromatic carbocycles. The summed E-state index contributed by atoms with van der Waals surface area (Å²) in [6, 6.07) is 2.82. The second-order valence-electron chi connectivity index (χ2n) is 5.33. The summed E-state index contributed by atoms with van der Waals surface area (Å²) < 4.78 is 27.8. The Kier molecular flexibility index (Phi) is 3.84. The van der Waals surface area contributed by atoms with E-state index in [1.807, 2.05) is 0 Å². The van der Waals surface area contributed by atoms with Crippen LogP contribution in [0.2, 0.25) is 0 Å². The van der Waals surface area contributed by atoms with E-state index in [2.05, 4.69) is 20.4 Å². The van der Waals surface area contributed by atoms with Crippen LogP contribution in [0.1, 0.15) is 17.0 Å². The zero-order valence-corrected chi connectivity index (χ0v) is 13.0. The molecule has 0 unspecified atom stereocenters. The fourth-order valence-electron chi connectivity index (χ4n) is 2.47. The Morgan fingerprint density at radius 1 is 1.21 bits per heavy atom. The maximum absolute atomic E-state index is 13.2. The minimum atomic E-state index is -0.765. The number of nitrogens with two attached hydrogens (primary N) is 1. The number of rotatable bonds is 3. The zero-order valence-electron chi connectivity index (χ0n) is 13.0. The molecule has 0 radical (unpaired) electrons. The van der Waals surface area contributed by atoms with Crippen molar-refractivity contribution in [2.24, 2.45) is 0 Å². The molecule has 3 aromatic rings. The number of anilines is 2. The van der Waals surface area contributed by atoms with Gasteiger partial charge in [-0.1, -0.05) is 0 Å². The van der Waals surface area contributed by atoms with Crippen molar-refractivity contribution in [3.63, 3.8) is 0 Å². The van der Waals surface area contributed by atoms with Gasteiger partial charge in [-0.2, -0.15) is 9.50 Å². The van der Waals surface area contributed by atoms with Crippen LogP contribution < -0.4 is 11.1 Å². The predicted molar refractivity (Wildman–Crippen MR) is 83.4 cm³/mol. The lowest BCUT2D eigenvalue weighted by atomic mass is 10.1. The number of aromatic nitrogens is 4. The number of hydrogen-bond acceptors (Lipinski definition) is 5. The minimum absolute atomic E-state index is 0.0293. The quantitative estimate of drug-likeness (QED) is 0.762. The molecule has 0 bridgehead atoms. The van der Waals surface area contributed by atoms with Gasteiger partial charge in [-0.25, -0.2) is 13.8 Å². The van der Waals surface area contributed by atoms with Crippen molar-refractivity contribution < 1.29 is 13.6 Å². The number of benzene rings is 1. The number of aryl methyl sites for hydroxylation is 2. The lowest BCUT2D eigenvalue weighted by Gasteiger charge is -2.11. The molecule has 0 aliphatic rings. The maximum atomic E-state index is 13.2. The van der Waals surface area contributed by atoms with Gasteiger partial charge in [0, 0.05) is 28.7 Å². The van der Waals surface area contributed by atoms with Gasteiger partial charge in [-0.3, -0.25) is 4.79 Å². The fraction of sp³-hybridized carbons (Fsp3) is 0.200. The first kappa shape index (κ1) is 15.8. The Morgan fingerprint density at radius 2 is 1.88 bits per heavy atom. The molecule has 0 saturated carbocycles. The van der Waals surface area contributed by atoms with Crippen molar-refractivity contribution in [2.75, 3.05) is 11.1 Å². The van der Waals surface area contributed by atoms with Gasteiger partial charge < -0.3 is 11.1 Å². The Morgan fingerprint density at radius 3 is 2.54 bits per heavy atom. The molecule has 3 rings (SSSR count). The van der Waals surface area contributed by atoms with E-state index in [0.717, 1.165) is 18.2 Å². The summed E-state index contributed by atoms with van der Waals surface area (Å²) >= 11 is 0. The van der Waals surface area contributed by atoms with E-state index in [0.29, 0.717) is 22.7 Å². The first-order chi connectivity index (χ1) is 11.3. The summed E-state index contributed by atoms with van der Waals surface area (Å²) in [6.45, 7) is 3.50. The van der Waals surface area contributed by atoms with Gasteiger partial charge >= 0.3 is 0 Å². The van der Waals surface area contributed by atoms with E-state index in [4.69, 9.17) is 5.73 Å². The molecule has 0 saturated heterocycles. The number of carbonyl (C=O) groups excluding carboxylic acids is 1. The monoisotopic (exact) mass is 332 g/mol. The number of nitrogens with zero attached hydrogens (tertiary/aromatic N) is 4. The van der Waals surface area contributed by atoms with E-state index < -0.39 is 17.5 Å². The molecule has 0 aliphatic carbocycles. The second-order valence-corrected chi connectivity index (χ2v) is 5.33. The summed E-state index contributed by atoms with van der Waals surface area (Å²) in [5, 5.41) is 6.48. The molecule has 0 spiro atoms. The van der Waals surface area contributed by atoms with Crippen molar-refractivity contribution in [1.29, 1.82) is 0 Å². The number of amides is 1. The van der Waals surface area contributed by atoms with Crippen LogP contribution in [0.15, 0.2) is 18.2 Å². The van der Waals surface area contributed by atoms with E-state index in [-0.39, 0.29) is 18.1 Å². The third kappa shape index (κ3) is 3.00. The SMILES string of the molecule is Cc1nc2nc(N)nn2c(C)c1CC(=O)Nc1cc(F)cc(F)c1. The third-order valence-electron chi connectivity index (χ3n) is 3.55. The molecule has 9 heteroatoms. The van der Waals surface area contributed by atoms with Crippen LogP contribution in [-0.4, -0.2) is 25.5 Å². The van der Waals surface area contributed by atoms with Crippen LogP contribution in [0.25, 0.3) is 5.78 Å². The topological polar surface area (TPSA) is 98.2 Å². The molecule has 124 valence electrons. The summed E-state index contributed by atoms with van der Waals surface area (Å²) in [4.78, 5) is 20.4. The van der Waals surface area contributed by atoms with Gasteiger partial charge in [0.2, 0.25) is 11.9 Å². The van der Waals surface area contributed by atoms with Crippen molar-refractivity contribution in [1.82, 2.24) is 19.6 Å². The van der Waals surface area contributed by atoms with Gasteiger partial charge in [0.1, 0.15) is 11.6 Å². The number of halogens is 2. The molecule has 2 aromatic heterocycles. The average Bonchev–Trinajstić information content (AvgIpc) is 2.83. The van der Waals surface area contributed by atoms with E-state index in [1.165, 1.54) is 4.52 Å². The molecule has 3 N–H and O–H groups in total. The van der Waals surface area contributed by atoms with Crippen LogP contribution in [0.5, 0.6) is 0 Å². The van der Waals surface area contributed by atoms with E-state index in [1.54, 1.807) is 13.8 Å². The highest BCUT2D eigenvalue weighted by Gasteiger charge is 2.16. The van der Waals surface area contributed by atoms with E-state index >= 15 is 0 Å². The molecule has 24 heavy (non-hydrogen) atoms. The second kappa shape index (κ2) is 5.84. The van der Waals surface area contributed by atoms with Gasteiger partial charge in [-0.15, -0.1) is 5.10 Å².